The van der Waals surface area contributed by atoms with Crippen LogP contribution in [-0.2, 0) is 13.2 Å². The highest BCUT2D eigenvalue weighted by atomic mass is 16.5. The van der Waals surface area contributed by atoms with Gasteiger partial charge in [-0.15, -0.1) is 0 Å². The van der Waals surface area contributed by atoms with Crippen LogP contribution in [0.3, 0.4) is 0 Å². The van der Waals surface area contributed by atoms with Crippen molar-refractivity contribution in [1.82, 2.24) is 4.98 Å². The molecule has 0 bridgehead atoms. The Bertz CT molecular complexity index is 819. The Morgan fingerprint density at radius 1 is 0.920 bits per heavy atom. The van der Waals surface area contributed by atoms with E-state index in [-0.39, 0.29) is 0 Å². The number of aromatic nitrogens is 1. The fraction of sp³-hybridized carbons (Fsp3) is 0.190. The Balaban J connectivity index is 1.69. The molecule has 25 heavy (non-hydrogen) atoms. The third-order valence-corrected chi connectivity index (χ3v) is 3.84. The zero-order valence-corrected chi connectivity index (χ0v) is 14.5. The van der Waals surface area contributed by atoms with Crippen molar-refractivity contribution in [2.24, 2.45) is 0 Å². The highest BCUT2D eigenvalue weighted by molar-refractivity contribution is 5.44. The maximum Gasteiger partial charge on any atom is 0.162 e. The van der Waals surface area contributed by atoms with Crippen molar-refractivity contribution >= 4 is 5.82 Å². The van der Waals surface area contributed by atoms with Crippen LogP contribution in [0.25, 0.3) is 0 Å². The van der Waals surface area contributed by atoms with Gasteiger partial charge in [0.25, 0.3) is 0 Å². The molecule has 0 unspecified atom stereocenters. The molecule has 0 fully saturated rings. The monoisotopic (exact) mass is 334 g/mol. The Morgan fingerprint density at radius 3 is 2.60 bits per heavy atom. The second kappa shape index (κ2) is 8.20. The summed E-state index contributed by atoms with van der Waals surface area (Å²) in [6.07, 6.45) is 1.77. The quantitative estimate of drug-likeness (QED) is 0.686. The number of aryl methyl sites for hydroxylation is 1. The van der Waals surface area contributed by atoms with Crippen LogP contribution in [0.5, 0.6) is 11.5 Å². The van der Waals surface area contributed by atoms with Gasteiger partial charge >= 0.3 is 0 Å². The maximum atomic E-state index is 5.99. The van der Waals surface area contributed by atoms with Gasteiger partial charge in [0, 0.05) is 12.7 Å². The van der Waals surface area contributed by atoms with Crippen LogP contribution in [0.1, 0.15) is 16.7 Å². The van der Waals surface area contributed by atoms with E-state index in [1.807, 2.05) is 42.5 Å². The lowest BCUT2D eigenvalue weighted by molar-refractivity contribution is 0.284. The maximum absolute atomic E-state index is 5.99. The van der Waals surface area contributed by atoms with Crippen molar-refractivity contribution in [1.29, 1.82) is 0 Å². The first-order chi connectivity index (χ1) is 12.2. The van der Waals surface area contributed by atoms with Crippen molar-refractivity contribution in [2.75, 3.05) is 12.4 Å². The number of anilines is 1. The highest BCUT2D eigenvalue weighted by Crippen LogP contribution is 2.29. The van der Waals surface area contributed by atoms with Crippen LogP contribution in [0, 0.1) is 6.92 Å². The summed E-state index contributed by atoms with van der Waals surface area (Å²) in [7, 11) is 1.65. The molecule has 128 valence electrons. The molecule has 0 atom stereocenters. The number of pyridine rings is 1. The van der Waals surface area contributed by atoms with Crippen LogP contribution in [0.15, 0.2) is 66.9 Å². The molecule has 2 aromatic carbocycles. The molecule has 1 heterocycles. The van der Waals surface area contributed by atoms with Crippen LogP contribution in [0.4, 0.5) is 5.82 Å². The Hall–Kier alpha value is -3.01. The fourth-order valence-electron chi connectivity index (χ4n) is 2.57. The topological polar surface area (TPSA) is 43.4 Å². The molecule has 0 saturated carbocycles. The summed E-state index contributed by atoms with van der Waals surface area (Å²) in [5.74, 6) is 2.32. The predicted molar refractivity (Wildman–Crippen MR) is 100 cm³/mol. The number of benzene rings is 2. The molecule has 3 aromatic rings. The van der Waals surface area contributed by atoms with Crippen LogP contribution in [-0.4, -0.2) is 12.1 Å². The van der Waals surface area contributed by atoms with Crippen molar-refractivity contribution in [3.05, 3.63) is 83.6 Å². The predicted octanol–water partition coefficient (Wildman–Crippen LogP) is 4.59. The van der Waals surface area contributed by atoms with Gasteiger partial charge in [-0.3, -0.25) is 0 Å². The molecule has 1 N–H and O–H groups in total. The standard InChI is InChI=1S/C21H22N2O2/c1-16-6-5-7-18(12-16)15-25-20-13-17(9-10-19(20)24-2)14-23-21-8-3-4-11-22-21/h3-13H,14-15H2,1-2H3,(H,22,23). The molecule has 1 aromatic heterocycles. The molecule has 4 nitrogen and oxygen atoms in total. The van der Waals surface area contributed by atoms with Gasteiger partial charge in [0.05, 0.1) is 7.11 Å². The van der Waals surface area contributed by atoms with E-state index in [0.29, 0.717) is 13.2 Å². The van der Waals surface area contributed by atoms with Gasteiger partial charge < -0.3 is 14.8 Å². The molecule has 0 spiro atoms. The van der Waals surface area contributed by atoms with Crippen molar-refractivity contribution in [3.8, 4) is 11.5 Å². The summed E-state index contributed by atoms with van der Waals surface area (Å²) in [6, 6.07) is 20.1. The second-order valence-corrected chi connectivity index (χ2v) is 5.83. The van der Waals surface area contributed by atoms with E-state index < -0.39 is 0 Å². The minimum absolute atomic E-state index is 0.509. The number of methoxy groups -OCH3 is 1. The van der Waals surface area contributed by atoms with E-state index in [1.165, 1.54) is 5.56 Å². The normalized spacial score (nSPS) is 10.3. The first kappa shape index (κ1) is 16.8. The number of ether oxygens (including phenoxy) is 2. The van der Waals surface area contributed by atoms with E-state index >= 15 is 0 Å². The number of hydrogen-bond acceptors (Lipinski definition) is 4. The zero-order chi connectivity index (χ0) is 17.5. The summed E-state index contributed by atoms with van der Waals surface area (Å²) in [5, 5.41) is 3.30. The van der Waals surface area contributed by atoms with Crippen LogP contribution >= 0.6 is 0 Å². The van der Waals surface area contributed by atoms with Gasteiger partial charge in [-0.25, -0.2) is 4.98 Å². The highest BCUT2D eigenvalue weighted by Gasteiger charge is 2.07. The fourth-order valence-corrected chi connectivity index (χ4v) is 2.57. The minimum atomic E-state index is 0.509. The van der Waals surface area contributed by atoms with Crippen molar-refractivity contribution in [2.45, 2.75) is 20.1 Å². The van der Waals surface area contributed by atoms with Crippen molar-refractivity contribution in [3.63, 3.8) is 0 Å². The van der Waals surface area contributed by atoms with Crippen LogP contribution < -0.4 is 14.8 Å². The first-order valence-electron chi connectivity index (χ1n) is 8.25. The number of rotatable bonds is 7. The Morgan fingerprint density at radius 2 is 1.84 bits per heavy atom. The SMILES string of the molecule is COc1ccc(CNc2ccccn2)cc1OCc1cccc(C)c1. The van der Waals surface area contributed by atoms with Gasteiger partial charge in [0.2, 0.25) is 0 Å². The summed E-state index contributed by atoms with van der Waals surface area (Å²) in [6.45, 7) is 3.25. The van der Waals surface area contributed by atoms with Gasteiger partial charge in [0.15, 0.2) is 11.5 Å². The van der Waals surface area contributed by atoms with Crippen molar-refractivity contribution < 1.29 is 9.47 Å². The molecule has 0 amide bonds. The largest absolute Gasteiger partial charge is 0.493 e. The number of nitrogens with zero attached hydrogens (tertiary/aromatic N) is 1. The Kier molecular flexibility index (Phi) is 5.52. The smallest absolute Gasteiger partial charge is 0.162 e. The van der Waals surface area contributed by atoms with E-state index in [0.717, 1.165) is 28.4 Å². The molecule has 0 aliphatic rings. The van der Waals surface area contributed by atoms with Crippen LogP contribution in [0.2, 0.25) is 0 Å². The third kappa shape index (κ3) is 4.73. The summed E-state index contributed by atoms with van der Waals surface area (Å²) < 4.78 is 11.4. The van der Waals surface area contributed by atoms with Gasteiger partial charge in [-0.2, -0.15) is 0 Å². The first-order valence-corrected chi connectivity index (χ1v) is 8.25. The zero-order valence-electron chi connectivity index (χ0n) is 14.5. The Labute approximate surface area is 148 Å². The van der Waals surface area contributed by atoms with E-state index in [9.17, 15) is 0 Å². The van der Waals surface area contributed by atoms with E-state index in [4.69, 9.17) is 9.47 Å². The molecule has 4 heteroatoms. The average Bonchev–Trinajstić information content (AvgIpc) is 2.65. The molecular weight excluding hydrogens is 312 g/mol. The summed E-state index contributed by atoms with van der Waals surface area (Å²) >= 11 is 0. The molecule has 0 aliphatic carbocycles. The number of hydrogen-bond donors (Lipinski definition) is 1. The van der Waals surface area contributed by atoms with Gasteiger partial charge in [0.1, 0.15) is 12.4 Å². The third-order valence-electron chi connectivity index (χ3n) is 3.84. The molecule has 3 rings (SSSR count). The van der Waals surface area contributed by atoms with E-state index in [1.54, 1.807) is 13.3 Å². The molecule has 0 saturated heterocycles. The van der Waals surface area contributed by atoms with E-state index in [2.05, 4.69) is 35.4 Å². The second-order valence-electron chi connectivity index (χ2n) is 5.83. The minimum Gasteiger partial charge on any atom is -0.493 e. The molecular formula is C21H22N2O2. The lowest BCUT2D eigenvalue weighted by Crippen LogP contribution is -2.03. The summed E-state index contributed by atoms with van der Waals surface area (Å²) in [4.78, 5) is 4.27. The molecule has 0 radical (unpaired) electrons. The van der Waals surface area contributed by atoms with Gasteiger partial charge in [-0.05, 0) is 42.3 Å². The average molecular weight is 334 g/mol. The lowest BCUT2D eigenvalue weighted by Gasteiger charge is -2.13. The summed E-state index contributed by atoms with van der Waals surface area (Å²) in [5.41, 5.74) is 3.46. The lowest BCUT2D eigenvalue weighted by atomic mass is 10.1. The van der Waals surface area contributed by atoms with Gasteiger partial charge in [-0.1, -0.05) is 42.0 Å². The number of nitrogens with one attached hydrogen (secondary N) is 1. The molecule has 0 aliphatic heterocycles.